The van der Waals surface area contributed by atoms with Gasteiger partial charge in [0.25, 0.3) is 0 Å². The molecule has 0 saturated heterocycles. The molecule has 0 saturated carbocycles. The average Bonchev–Trinajstić information content (AvgIpc) is 3.11. The maximum atomic E-state index is 14.1. The largest absolute Gasteiger partial charge is 0.296 e. The molecule has 4 nitrogen and oxygen atoms in total. The van der Waals surface area contributed by atoms with Crippen molar-refractivity contribution in [3.63, 3.8) is 0 Å². The smallest absolute Gasteiger partial charge is 0.215 e. The molecule has 4 aromatic rings. The number of halogens is 5. The van der Waals surface area contributed by atoms with Gasteiger partial charge in [0.2, 0.25) is 11.6 Å². The Labute approximate surface area is 159 Å². The highest BCUT2D eigenvalue weighted by Crippen LogP contribution is 2.29. The summed E-state index contributed by atoms with van der Waals surface area (Å²) in [6.07, 6.45) is 1.14. The third-order valence-electron chi connectivity index (χ3n) is 4.56. The van der Waals surface area contributed by atoms with Crippen LogP contribution in [0.1, 0.15) is 33.3 Å². The lowest BCUT2D eigenvalue weighted by Crippen LogP contribution is -2.15. The van der Waals surface area contributed by atoms with Crippen LogP contribution in [0.5, 0.6) is 0 Å². The summed E-state index contributed by atoms with van der Waals surface area (Å²) in [6, 6.07) is 7.68. The first kappa shape index (κ1) is 18.7. The van der Waals surface area contributed by atoms with Gasteiger partial charge >= 0.3 is 0 Å². The molecule has 0 spiro atoms. The second-order valence-electron chi connectivity index (χ2n) is 6.25. The quantitative estimate of drug-likeness (QED) is 0.217. The summed E-state index contributed by atoms with van der Waals surface area (Å²) >= 11 is 0. The number of hydrogen-bond acceptors (Lipinski definition) is 3. The van der Waals surface area contributed by atoms with E-state index in [2.05, 4.69) is 4.98 Å². The number of fused-ring (bicyclic) bond motifs is 3. The Balaban J connectivity index is 2.07. The highest BCUT2D eigenvalue weighted by atomic mass is 19.2. The van der Waals surface area contributed by atoms with Crippen molar-refractivity contribution >= 4 is 28.0 Å². The van der Waals surface area contributed by atoms with E-state index in [-0.39, 0.29) is 11.1 Å². The van der Waals surface area contributed by atoms with E-state index >= 15 is 0 Å². The Hall–Kier alpha value is -3.62. The summed E-state index contributed by atoms with van der Waals surface area (Å²) in [5.41, 5.74) is -1.32. The predicted octanol–water partition coefficient (Wildman–Crippen LogP) is 4.62. The molecule has 0 unspecified atom stereocenters. The van der Waals surface area contributed by atoms with Crippen molar-refractivity contribution in [2.24, 2.45) is 0 Å². The number of carbonyl (C=O) groups excluding carboxylic acids is 2. The van der Waals surface area contributed by atoms with Crippen molar-refractivity contribution in [1.29, 1.82) is 0 Å². The van der Waals surface area contributed by atoms with E-state index in [9.17, 15) is 31.5 Å². The maximum absolute atomic E-state index is 14.1. The van der Waals surface area contributed by atoms with Crippen LogP contribution in [0, 0.1) is 29.1 Å². The van der Waals surface area contributed by atoms with Crippen molar-refractivity contribution in [1.82, 2.24) is 9.38 Å². The van der Waals surface area contributed by atoms with Crippen LogP contribution in [0.15, 0.2) is 36.7 Å². The SMILES string of the molecule is CC(=O)c1cc(C(=O)c2c(F)c(F)c(F)c(F)c2F)n2cnc3ccccc3c12. The molecule has 9 heteroatoms. The lowest BCUT2D eigenvalue weighted by molar-refractivity contribution is 0.101. The minimum absolute atomic E-state index is 0.0378. The third-order valence-corrected chi connectivity index (χ3v) is 4.56. The molecule has 146 valence electrons. The Morgan fingerprint density at radius 2 is 1.48 bits per heavy atom. The van der Waals surface area contributed by atoms with Crippen molar-refractivity contribution in [2.75, 3.05) is 0 Å². The second kappa shape index (κ2) is 6.47. The van der Waals surface area contributed by atoms with E-state index in [0.717, 1.165) is 16.8 Å². The summed E-state index contributed by atoms with van der Waals surface area (Å²) in [5, 5.41) is 0.469. The Kier molecular flexibility index (Phi) is 4.18. The molecule has 0 atom stereocenters. The van der Waals surface area contributed by atoms with E-state index in [1.54, 1.807) is 24.3 Å². The molecule has 29 heavy (non-hydrogen) atoms. The number of ketones is 2. The Morgan fingerprint density at radius 1 is 0.897 bits per heavy atom. The van der Waals surface area contributed by atoms with Crippen LogP contribution in [-0.4, -0.2) is 21.0 Å². The van der Waals surface area contributed by atoms with Crippen molar-refractivity contribution < 1.29 is 31.5 Å². The molecule has 4 rings (SSSR count). The number of para-hydroxylation sites is 1. The first-order valence-corrected chi connectivity index (χ1v) is 8.20. The van der Waals surface area contributed by atoms with Crippen LogP contribution in [0.2, 0.25) is 0 Å². The van der Waals surface area contributed by atoms with E-state index in [0.29, 0.717) is 10.9 Å². The van der Waals surface area contributed by atoms with Crippen LogP contribution < -0.4 is 0 Å². The number of Topliss-reactive ketones (excluding diaryl/α,β-unsaturated/α-hetero) is 1. The molecule has 0 fully saturated rings. The van der Waals surface area contributed by atoms with Crippen molar-refractivity contribution in [2.45, 2.75) is 6.92 Å². The topological polar surface area (TPSA) is 51.4 Å². The van der Waals surface area contributed by atoms with Gasteiger partial charge in [0, 0.05) is 10.9 Å². The van der Waals surface area contributed by atoms with Gasteiger partial charge in [0.1, 0.15) is 11.9 Å². The van der Waals surface area contributed by atoms with E-state index in [1.807, 2.05) is 0 Å². The van der Waals surface area contributed by atoms with Crippen molar-refractivity contribution in [3.8, 4) is 0 Å². The number of carbonyl (C=O) groups is 2. The highest BCUT2D eigenvalue weighted by Gasteiger charge is 2.32. The van der Waals surface area contributed by atoms with Gasteiger partial charge in [0.15, 0.2) is 29.1 Å². The standard InChI is InChI=1S/C20H9F5N2O2/c1-8(28)10-6-12(27-7-26-11-5-3-2-4-9(11)19(10)27)20(29)13-14(21)16(23)18(25)17(24)15(13)22/h2-7H,1H3. The van der Waals surface area contributed by atoms with Gasteiger partial charge in [-0.3, -0.25) is 14.0 Å². The van der Waals surface area contributed by atoms with E-state index < -0.39 is 51.9 Å². The van der Waals surface area contributed by atoms with Crippen LogP contribution in [0.4, 0.5) is 22.0 Å². The van der Waals surface area contributed by atoms with Gasteiger partial charge in [0.05, 0.1) is 16.7 Å². The molecule has 0 aliphatic heterocycles. The second-order valence-corrected chi connectivity index (χ2v) is 6.25. The zero-order valence-electron chi connectivity index (χ0n) is 14.6. The number of nitrogens with zero attached hydrogens (tertiary/aromatic N) is 2. The van der Waals surface area contributed by atoms with Gasteiger partial charge in [-0.1, -0.05) is 18.2 Å². The molecule has 0 radical (unpaired) electrons. The molecule has 2 heterocycles. The summed E-state index contributed by atoms with van der Waals surface area (Å²) in [5.74, 6) is -13.3. The lowest BCUT2D eigenvalue weighted by Gasteiger charge is -2.08. The molecule has 0 aliphatic carbocycles. The molecule has 0 aliphatic rings. The minimum Gasteiger partial charge on any atom is -0.296 e. The Morgan fingerprint density at radius 3 is 2.10 bits per heavy atom. The number of aromatic nitrogens is 2. The van der Waals surface area contributed by atoms with Gasteiger partial charge in [-0.15, -0.1) is 0 Å². The fraction of sp³-hybridized carbons (Fsp3) is 0.0500. The Bertz CT molecular complexity index is 1330. The average molecular weight is 404 g/mol. The zero-order chi connectivity index (χ0) is 21.0. The minimum atomic E-state index is -2.37. The van der Waals surface area contributed by atoms with Crippen LogP contribution in [0.25, 0.3) is 16.4 Å². The predicted molar refractivity (Wildman–Crippen MR) is 92.4 cm³/mol. The first-order chi connectivity index (χ1) is 13.7. The monoisotopic (exact) mass is 404 g/mol. The highest BCUT2D eigenvalue weighted by molar-refractivity contribution is 6.15. The van der Waals surface area contributed by atoms with Crippen LogP contribution in [-0.2, 0) is 0 Å². The first-order valence-electron chi connectivity index (χ1n) is 8.20. The van der Waals surface area contributed by atoms with Crippen LogP contribution >= 0.6 is 0 Å². The van der Waals surface area contributed by atoms with Crippen molar-refractivity contribution in [3.05, 3.63) is 82.6 Å². The fourth-order valence-electron chi connectivity index (χ4n) is 3.20. The van der Waals surface area contributed by atoms with E-state index in [4.69, 9.17) is 0 Å². The number of hydrogen-bond donors (Lipinski definition) is 0. The number of benzene rings is 2. The molecular formula is C20H9F5N2O2. The summed E-state index contributed by atoms with van der Waals surface area (Å²) < 4.78 is 69.7. The van der Waals surface area contributed by atoms with Gasteiger partial charge < -0.3 is 0 Å². The molecule has 0 N–H and O–H groups in total. The third kappa shape index (κ3) is 2.61. The van der Waals surface area contributed by atoms with Crippen LogP contribution in [0.3, 0.4) is 0 Å². The van der Waals surface area contributed by atoms with Gasteiger partial charge in [-0.05, 0) is 19.1 Å². The number of rotatable bonds is 3. The summed E-state index contributed by atoms with van der Waals surface area (Å²) in [7, 11) is 0. The summed E-state index contributed by atoms with van der Waals surface area (Å²) in [4.78, 5) is 29.0. The zero-order valence-corrected chi connectivity index (χ0v) is 14.6. The maximum Gasteiger partial charge on any atom is 0.215 e. The molecular weight excluding hydrogens is 395 g/mol. The molecule has 0 amide bonds. The van der Waals surface area contributed by atoms with E-state index in [1.165, 1.54) is 6.92 Å². The van der Waals surface area contributed by atoms with Gasteiger partial charge in [-0.25, -0.2) is 26.9 Å². The lowest BCUT2D eigenvalue weighted by atomic mass is 10.0. The normalized spacial score (nSPS) is 11.4. The summed E-state index contributed by atoms with van der Waals surface area (Å²) in [6.45, 7) is 1.22. The molecule has 2 aromatic carbocycles. The molecule has 2 aromatic heterocycles. The fourth-order valence-corrected chi connectivity index (χ4v) is 3.20. The molecule has 0 bridgehead atoms. The van der Waals surface area contributed by atoms with Gasteiger partial charge in [-0.2, -0.15) is 0 Å².